The molecule has 1 aliphatic rings. The summed E-state index contributed by atoms with van der Waals surface area (Å²) in [6.07, 6.45) is 3.34. The van der Waals surface area contributed by atoms with E-state index in [1.165, 1.54) is 0 Å². The van der Waals surface area contributed by atoms with Crippen molar-refractivity contribution < 1.29 is 14.3 Å². The van der Waals surface area contributed by atoms with Crippen LogP contribution in [0.5, 0.6) is 5.75 Å². The van der Waals surface area contributed by atoms with Crippen molar-refractivity contribution in [1.82, 2.24) is 10.3 Å². The van der Waals surface area contributed by atoms with Crippen molar-refractivity contribution in [3.8, 4) is 17.0 Å². The molecule has 23 heavy (non-hydrogen) atoms. The highest BCUT2D eigenvalue weighted by molar-refractivity contribution is 5.94. The number of amides is 1. The van der Waals surface area contributed by atoms with Gasteiger partial charge in [-0.3, -0.25) is 9.78 Å². The number of methoxy groups -OCH3 is 1. The molecular weight excluding hydrogens is 292 g/mol. The number of nitrogens with zero attached hydrogens (tertiary/aromatic N) is 1. The van der Waals surface area contributed by atoms with Gasteiger partial charge in [-0.25, -0.2) is 0 Å². The quantitative estimate of drug-likeness (QED) is 0.943. The fourth-order valence-electron chi connectivity index (χ4n) is 2.59. The molecule has 1 aromatic heterocycles. The van der Waals surface area contributed by atoms with Gasteiger partial charge in [0, 0.05) is 31.0 Å². The molecular formula is C18H20N2O3. The van der Waals surface area contributed by atoms with Crippen LogP contribution in [0.2, 0.25) is 0 Å². The van der Waals surface area contributed by atoms with Crippen LogP contribution >= 0.6 is 0 Å². The fraction of sp³-hybridized carbons (Fsp3) is 0.333. The van der Waals surface area contributed by atoms with Crippen LogP contribution in [0.15, 0.2) is 42.6 Å². The van der Waals surface area contributed by atoms with Crippen molar-refractivity contribution in [3.63, 3.8) is 0 Å². The van der Waals surface area contributed by atoms with Crippen LogP contribution in [0, 0.1) is 0 Å². The molecule has 3 rings (SSSR count). The molecule has 1 aliphatic heterocycles. The zero-order chi connectivity index (χ0) is 16.1. The Morgan fingerprint density at radius 3 is 2.78 bits per heavy atom. The second-order valence-corrected chi connectivity index (χ2v) is 5.52. The van der Waals surface area contributed by atoms with Gasteiger partial charge in [0.1, 0.15) is 5.75 Å². The minimum Gasteiger partial charge on any atom is -0.497 e. The van der Waals surface area contributed by atoms with E-state index in [0.29, 0.717) is 18.8 Å². The summed E-state index contributed by atoms with van der Waals surface area (Å²) in [5, 5.41) is 3.03. The summed E-state index contributed by atoms with van der Waals surface area (Å²) in [5.41, 5.74) is 2.34. The number of carbonyl (C=O) groups is 1. The zero-order valence-corrected chi connectivity index (χ0v) is 13.1. The van der Waals surface area contributed by atoms with E-state index in [1.54, 1.807) is 19.4 Å². The second kappa shape index (κ2) is 7.24. The number of carbonyl (C=O) groups excluding carboxylic acids is 1. The van der Waals surface area contributed by atoms with Gasteiger partial charge in [-0.15, -0.1) is 0 Å². The van der Waals surface area contributed by atoms with E-state index >= 15 is 0 Å². The molecule has 0 unspecified atom stereocenters. The van der Waals surface area contributed by atoms with Gasteiger partial charge < -0.3 is 14.8 Å². The predicted octanol–water partition coefficient (Wildman–Crippen LogP) is 2.67. The van der Waals surface area contributed by atoms with E-state index in [1.807, 2.05) is 30.3 Å². The summed E-state index contributed by atoms with van der Waals surface area (Å²) in [7, 11) is 1.64. The highest BCUT2D eigenvalue weighted by Gasteiger charge is 2.17. The Kier molecular flexibility index (Phi) is 4.88. The zero-order valence-electron chi connectivity index (χ0n) is 13.1. The summed E-state index contributed by atoms with van der Waals surface area (Å²) in [6.45, 7) is 1.41. The lowest BCUT2D eigenvalue weighted by Crippen LogP contribution is -2.38. The number of hydrogen-bond acceptors (Lipinski definition) is 4. The fourth-order valence-corrected chi connectivity index (χ4v) is 2.59. The largest absolute Gasteiger partial charge is 0.497 e. The first kappa shape index (κ1) is 15.5. The molecule has 0 bridgehead atoms. The highest BCUT2D eigenvalue weighted by Crippen LogP contribution is 2.22. The molecule has 1 saturated heterocycles. The normalized spacial score (nSPS) is 15.2. The minimum absolute atomic E-state index is 0.0819. The molecule has 1 N–H and O–H groups in total. The lowest BCUT2D eigenvalue weighted by Gasteiger charge is -2.23. The average Bonchev–Trinajstić information content (AvgIpc) is 2.63. The first-order valence-electron chi connectivity index (χ1n) is 7.75. The van der Waals surface area contributed by atoms with E-state index in [4.69, 9.17) is 9.47 Å². The van der Waals surface area contributed by atoms with Crippen LogP contribution in [0.1, 0.15) is 23.2 Å². The molecule has 2 heterocycles. The van der Waals surface area contributed by atoms with Gasteiger partial charge >= 0.3 is 0 Å². The lowest BCUT2D eigenvalue weighted by atomic mass is 10.1. The Balaban J connectivity index is 1.69. The maximum absolute atomic E-state index is 12.2. The Morgan fingerprint density at radius 1 is 1.26 bits per heavy atom. The maximum Gasteiger partial charge on any atom is 0.253 e. The molecule has 5 heteroatoms. The van der Waals surface area contributed by atoms with E-state index in [-0.39, 0.29) is 11.9 Å². The van der Waals surface area contributed by atoms with Crippen molar-refractivity contribution in [2.75, 3.05) is 20.3 Å². The Bertz CT molecular complexity index is 664. The Hall–Kier alpha value is -2.40. The molecule has 1 aromatic carbocycles. The van der Waals surface area contributed by atoms with Gasteiger partial charge in [0.05, 0.1) is 18.4 Å². The van der Waals surface area contributed by atoms with Crippen LogP contribution in [0.3, 0.4) is 0 Å². The van der Waals surface area contributed by atoms with Gasteiger partial charge in [-0.05, 0) is 37.1 Å². The van der Waals surface area contributed by atoms with Crippen LogP contribution in [-0.2, 0) is 4.74 Å². The first-order valence-corrected chi connectivity index (χ1v) is 7.75. The van der Waals surface area contributed by atoms with Crippen LogP contribution < -0.4 is 10.1 Å². The smallest absolute Gasteiger partial charge is 0.253 e. The minimum atomic E-state index is -0.0819. The van der Waals surface area contributed by atoms with Gasteiger partial charge in [-0.1, -0.05) is 12.1 Å². The van der Waals surface area contributed by atoms with E-state index in [0.717, 1.165) is 29.8 Å². The van der Waals surface area contributed by atoms with Crippen LogP contribution in [0.4, 0.5) is 0 Å². The number of rotatable bonds is 4. The molecule has 0 saturated carbocycles. The van der Waals surface area contributed by atoms with Crippen molar-refractivity contribution in [3.05, 3.63) is 48.2 Å². The van der Waals surface area contributed by atoms with Gasteiger partial charge in [-0.2, -0.15) is 0 Å². The summed E-state index contributed by atoms with van der Waals surface area (Å²) in [6, 6.07) is 11.5. The maximum atomic E-state index is 12.2. The van der Waals surface area contributed by atoms with Crippen LogP contribution in [0.25, 0.3) is 11.3 Å². The van der Waals surface area contributed by atoms with Gasteiger partial charge in [0.2, 0.25) is 0 Å². The highest BCUT2D eigenvalue weighted by atomic mass is 16.5. The van der Waals surface area contributed by atoms with E-state index in [9.17, 15) is 4.79 Å². The number of hydrogen-bond donors (Lipinski definition) is 1. The summed E-state index contributed by atoms with van der Waals surface area (Å²) < 4.78 is 10.5. The lowest BCUT2D eigenvalue weighted by molar-refractivity contribution is 0.0696. The molecule has 1 fully saturated rings. The summed E-state index contributed by atoms with van der Waals surface area (Å²) in [5.74, 6) is 0.701. The Morgan fingerprint density at radius 2 is 2.09 bits per heavy atom. The van der Waals surface area contributed by atoms with E-state index < -0.39 is 0 Å². The number of ether oxygens (including phenoxy) is 2. The molecule has 1 amide bonds. The number of benzene rings is 1. The molecule has 0 aliphatic carbocycles. The molecule has 120 valence electrons. The molecule has 0 atom stereocenters. The molecule has 5 nitrogen and oxygen atoms in total. The summed E-state index contributed by atoms with van der Waals surface area (Å²) >= 11 is 0. The Labute approximate surface area is 135 Å². The van der Waals surface area contributed by atoms with Crippen molar-refractivity contribution >= 4 is 5.91 Å². The molecule has 0 spiro atoms. The van der Waals surface area contributed by atoms with Crippen molar-refractivity contribution in [2.24, 2.45) is 0 Å². The van der Waals surface area contributed by atoms with Crippen molar-refractivity contribution in [2.45, 2.75) is 18.9 Å². The number of aromatic nitrogens is 1. The summed E-state index contributed by atoms with van der Waals surface area (Å²) in [4.78, 5) is 16.6. The predicted molar refractivity (Wildman–Crippen MR) is 87.5 cm³/mol. The van der Waals surface area contributed by atoms with Crippen LogP contribution in [-0.4, -0.2) is 37.3 Å². The second-order valence-electron chi connectivity index (χ2n) is 5.52. The van der Waals surface area contributed by atoms with Gasteiger partial charge in [0.25, 0.3) is 5.91 Å². The monoisotopic (exact) mass is 312 g/mol. The van der Waals surface area contributed by atoms with Crippen molar-refractivity contribution in [1.29, 1.82) is 0 Å². The SMILES string of the molecule is COc1cccc(-c2ccc(C(=O)NC3CCOCC3)cn2)c1. The number of pyridine rings is 1. The standard InChI is InChI=1S/C18H20N2O3/c1-22-16-4-2-3-13(11-16)17-6-5-14(12-19-17)18(21)20-15-7-9-23-10-8-15/h2-6,11-12,15H,7-10H2,1H3,(H,20,21). The van der Waals surface area contributed by atoms with Gasteiger partial charge in [0.15, 0.2) is 0 Å². The third-order valence-electron chi connectivity index (χ3n) is 3.95. The molecule has 0 radical (unpaired) electrons. The molecule has 2 aromatic rings. The average molecular weight is 312 g/mol. The van der Waals surface area contributed by atoms with E-state index in [2.05, 4.69) is 10.3 Å². The number of nitrogens with one attached hydrogen (secondary N) is 1. The third-order valence-corrected chi connectivity index (χ3v) is 3.95. The third kappa shape index (κ3) is 3.87. The first-order chi connectivity index (χ1) is 11.3. The topological polar surface area (TPSA) is 60.5 Å².